The molecule has 0 heterocycles. The van der Waals surface area contributed by atoms with Gasteiger partial charge in [0.05, 0.1) is 17.8 Å². The average Bonchev–Trinajstić information content (AvgIpc) is 3.10. The Morgan fingerprint density at radius 3 is 2.46 bits per heavy atom. The van der Waals surface area contributed by atoms with Crippen molar-refractivity contribution in [3.63, 3.8) is 0 Å². The van der Waals surface area contributed by atoms with E-state index in [2.05, 4.69) is 66.4 Å². The quantitative estimate of drug-likeness (QED) is 0.308. The van der Waals surface area contributed by atoms with Crippen LogP contribution in [0.3, 0.4) is 0 Å². The van der Waals surface area contributed by atoms with E-state index in [-0.39, 0.29) is 11.1 Å². The molecule has 0 bridgehead atoms. The molecule has 0 aliphatic heterocycles. The second-order valence-corrected chi connectivity index (χ2v) is 19.9. The Hall–Kier alpha value is -0.683. The second kappa shape index (κ2) is 11.4. The molecule has 3 fully saturated rings. The van der Waals surface area contributed by atoms with Crippen LogP contribution in [0.5, 0.6) is 0 Å². The first-order valence-electron chi connectivity index (χ1n) is 15.1. The smallest absolute Gasteiger partial charge is 0.192 e. The molecule has 0 spiro atoms. The molecular weight excluding hydrogens is 472 g/mol. The maximum atomic E-state index is 10.8. The van der Waals surface area contributed by atoms with E-state index in [0.29, 0.717) is 23.7 Å². The van der Waals surface area contributed by atoms with Gasteiger partial charge >= 0.3 is 0 Å². The summed E-state index contributed by atoms with van der Waals surface area (Å²) in [6.07, 6.45) is 15.4. The molecule has 3 nitrogen and oxygen atoms in total. The number of hydrogen-bond donors (Lipinski definition) is 2. The molecule has 3 aliphatic carbocycles. The molecule has 6 atom stereocenters. The van der Waals surface area contributed by atoms with Gasteiger partial charge in [-0.2, -0.15) is 0 Å². The summed E-state index contributed by atoms with van der Waals surface area (Å²) in [5.41, 5.74) is 3.50. The van der Waals surface area contributed by atoms with E-state index in [1.807, 2.05) is 13.8 Å². The molecule has 3 saturated carbocycles. The molecule has 0 radical (unpaired) electrons. The molecule has 0 aromatic carbocycles. The molecule has 2 N–H and O–H groups in total. The predicted molar refractivity (Wildman–Crippen MR) is 160 cm³/mol. The molecule has 37 heavy (non-hydrogen) atoms. The van der Waals surface area contributed by atoms with Crippen LogP contribution in [-0.4, -0.2) is 36.3 Å². The summed E-state index contributed by atoms with van der Waals surface area (Å²) in [4.78, 5) is 0. The van der Waals surface area contributed by atoms with Crippen LogP contribution in [0.4, 0.5) is 0 Å². The van der Waals surface area contributed by atoms with Gasteiger partial charge in [0.2, 0.25) is 0 Å². The van der Waals surface area contributed by atoms with E-state index in [0.717, 1.165) is 30.8 Å². The lowest BCUT2D eigenvalue weighted by Crippen LogP contribution is -2.46. The Labute approximate surface area is 230 Å². The van der Waals surface area contributed by atoms with Crippen LogP contribution in [0.25, 0.3) is 0 Å². The lowest BCUT2D eigenvalue weighted by Gasteiger charge is -2.44. The Bertz CT molecular complexity index is 871. The van der Waals surface area contributed by atoms with Crippen molar-refractivity contribution in [3.05, 3.63) is 35.5 Å². The zero-order valence-corrected chi connectivity index (χ0v) is 26.6. The minimum Gasteiger partial charge on any atom is -0.413 e. The van der Waals surface area contributed by atoms with Crippen molar-refractivity contribution in [1.82, 2.24) is 0 Å². The van der Waals surface area contributed by atoms with Gasteiger partial charge in [-0.1, -0.05) is 71.8 Å². The first-order valence-corrected chi connectivity index (χ1v) is 18.0. The Morgan fingerprint density at radius 2 is 1.84 bits per heavy atom. The Morgan fingerprint density at radius 1 is 1.16 bits per heavy atom. The van der Waals surface area contributed by atoms with E-state index in [9.17, 15) is 10.2 Å². The van der Waals surface area contributed by atoms with Crippen molar-refractivity contribution in [2.45, 2.75) is 149 Å². The summed E-state index contributed by atoms with van der Waals surface area (Å²) in [7, 11) is -1.89. The minimum atomic E-state index is -1.89. The lowest BCUT2D eigenvalue weighted by atomic mass is 9.60. The maximum Gasteiger partial charge on any atom is 0.192 e. The van der Waals surface area contributed by atoms with Crippen LogP contribution >= 0.6 is 0 Å². The first-order chi connectivity index (χ1) is 16.9. The van der Waals surface area contributed by atoms with Crippen molar-refractivity contribution < 1.29 is 14.6 Å². The van der Waals surface area contributed by atoms with Crippen LogP contribution in [0.2, 0.25) is 18.1 Å². The van der Waals surface area contributed by atoms with Crippen molar-refractivity contribution in [2.75, 3.05) is 0 Å². The molecule has 0 aromatic rings. The fourth-order valence-electron chi connectivity index (χ4n) is 7.40. The lowest BCUT2D eigenvalue weighted by molar-refractivity contribution is 0.0596. The molecule has 212 valence electrons. The summed E-state index contributed by atoms with van der Waals surface area (Å²) >= 11 is 0. The van der Waals surface area contributed by atoms with E-state index < -0.39 is 20.0 Å². The summed E-state index contributed by atoms with van der Waals surface area (Å²) in [5, 5.41) is 21.1. The number of rotatable bonds is 8. The molecule has 0 saturated heterocycles. The van der Waals surface area contributed by atoms with Gasteiger partial charge in [0.15, 0.2) is 8.32 Å². The summed E-state index contributed by atoms with van der Waals surface area (Å²) in [5.74, 6) is 2.14. The van der Waals surface area contributed by atoms with Gasteiger partial charge in [-0.25, -0.2) is 0 Å². The van der Waals surface area contributed by atoms with Crippen LogP contribution in [-0.2, 0) is 4.43 Å². The topological polar surface area (TPSA) is 49.7 Å². The van der Waals surface area contributed by atoms with E-state index in [1.54, 1.807) is 5.57 Å². The highest BCUT2D eigenvalue weighted by Crippen LogP contribution is 2.60. The summed E-state index contributed by atoms with van der Waals surface area (Å²) in [6, 6.07) is 0. The van der Waals surface area contributed by atoms with Crippen molar-refractivity contribution in [3.8, 4) is 0 Å². The third-order valence-electron chi connectivity index (χ3n) is 10.7. The molecule has 0 amide bonds. The van der Waals surface area contributed by atoms with Crippen molar-refractivity contribution >= 4 is 8.32 Å². The molecule has 0 aromatic heterocycles. The van der Waals surface area contributed by atoms with Crippen LogP contribution in [0, 0.1) is 23.2 Å². The van der Waals surface area contributed by atoms with Gasteiger partial charge in [0, 0.05) is 6.42 Å². The zero-order valence-electron chi connectivity index (χ0n) is 25.6. The van der Waals surface area contributed by atoms with Crippen molar-refractivity contribution in [2.24, 2.45) is 23.2 Å². The highest BCUT2D eigenvalue weighted by molar-refractivity contribution is 6.74. The third-order valence-corrected chi connectivity index (χ3v) is 15.2. The van der Waals surface area contributed by atoms with Crippen molar-refractivity contribution in [1.29, 1.82) is 0 Å². The Kier molecular flexibility index (Phi) is 9.53. The van der Waals surface area contributed by atoms with Gasteiger partial charge in [0.25, 0.3) is 0 Å². The minimum absolute atomic E-state index is 0.0725. The molecule has 3 rings (SSSR count). The molecular formula is C33H58O3Si. The normalized spacial score (nSPS) is 34.7. The largest absolute Gasteiger partial charge is 0.413 e. The van der Waals surface area contributed by atoms with Gasteiger partial charge in [-0.05, 0) is 111 Å². The fraction of sp³-hybridized carbons (Fsp3) is 0.818. The summed E-state index contributed by atoms with van der Waals surface area (Å²) in [6.45, 7) is 24.6. The average molecular weight is 531 g/mol. The third kappa shape index (κ3) is 7.29. The number of hydrogen-bond acceptors (Lipinski definition) is 3. The predicted octanol–water partition coefficient (Wildman–Crippen LogP) is 8.73. The summed E-state index contributed by atoms with van der Waals surface area (Å²) < 4.78 is 6.72. The van der Waals surface area contributed by atoms with E-state index in [4.69, 9.17) is 4.43 Å². The van der Waals surface area contributed by atoms with Gasteiger partial charge in [-0.3, -0.25) is 0 Å². The monoisotopic (exact) mass is 530 g/mol. The van der Waals surface area contributed by atoms with Gasteiger partial charge in [0.1, 0.15) is 0 Å². The number of aliphatic hydroxyl groups is 2. The fourth-order valence-corrected chi connectivity index (χ4v) is 8.77. The standard InChI is InChI=1S/C33H58O3Si/c1-23(13-11-19-32(6,7)35)28-17-18-29-25(14-12-20-33(28,29)8)15-16-26-21-27(22-30(34)24(26)2)36-37(9,10)31(3,4)5/h15-16,23,27-30,34-35H,2,11-14,17-22H2,1,3-10H3/t23?,27?,28?,29?,30?,33-/m1/s1. The number of aliphatic hydroxyl groups excluding tert-OH is 1. The van der Waals surface area contributed by atoms with Crippen LogP contribution < -0.4 is 0 Å². The highest BCUT2D eigenvalue weighted by atomic mass is 28.4. The van der Waals surface area contributed by atoms with Crippen LogP contribution in [0.15, 0.2) is 35.5 Å². The Balaban J connectivity index is 1.73. The van der Waals surface area contributed by atoms with Gasteiger partial charge < -0.3 is 14.6 Å². The first kappa shape index (κ1) is 30.9. The number of fused-ring (bicyclic) bond motifs is 1. The highest BCUT2D eigenvalue weighted by Gasteiger charge is 2.50. The van der Waals surface area contributed by atoms with Gasteiger partial charge in [-0.15, -0.1) is 0 Å². The molecule has 4 heteroatoms. The van der Waals surface area contributed by atoms with E-state index >= 15 is 0 Å². The maximum absolute atomic E-state index is 10.8. The number of allylic oxidation sites excluding steroid dienone is 3. The van der Waals surface area contributed by atoms with Crippen LogP contribution in [0.1, 0.15) is 113 Å². The molecule has 5 unspecified atom stereocenters. The second-order valence-electron chi connectivity index (χ2n) is 15.2. The zero-order chi connectivity index (χ0) is 27.8. The molecule has 3 aliphatic rings. The SMILES string of the molecule is C=C1C(=CC=C2CCC[C@@]3(C)C2CCC3C(C)CCCC(C)(C)O)CC(O[Si](C)(C)C(C)(C)C)CC1O. The van der Waals surface area contributed by atoms with E-state index in [1.165, 1.54) is 44.1 Å².